The zero-order valence-corrected chi connectivity index (χ0v) is 16.7. The monoisotopic (exact) mass is 420 g/mol. The Bertz CT molecular complexity index is 873. The summed E-state index contributed by atoms with van der Waals surface area (Å²) in [5.41, 5.74) is 1.49. The average Bonchev–Trinajstić information content (AvgIpc) is 3.04. The van der Waals surface area contributed by atoms with Crippen molar-refractivity contribution in [2.75, 3.05) is 19.6 Å². The number of rotatable bonds is 4. The first-order valence-electron chi connectivity index (χ1n) is 9.77. The number of nitrogens with zero attached hydrogens (tertiary/aromatic N) is 2. The molecule has 0 saturated carbocycles. The Kier molecular flexibility index (Phi) is 5.49. The van der Waals surface area contributed by atoms with Crippen LogP contribution in [-0.2, 0) is 11.3 Å². The van der Waals surface area contributed by atoms with E-state index in [0.717, 1.165) is 5.56 Å². The largest absolute Gasteiger partial charge is 0.508 e. The summed E-state index contributed by atoms with van der Waals surface area (Å²) in [6.07, 6.45) is 0.838. The van der Waals surface area contributed by atoms with Crippen LogP contribution in [0.15, 0.2) is 48.5 Å². The molecular weight excluding hydrogens is 398 g/mol. The molecule has 4 nitrogen and oxygen atoms in total. The summed E-state index contributed by atoms with van der Waals surface area (Å²) in [4.78, 5) is 16.2. The minimum absolute atomic E-state index is 0.0619. The van der Waals surface area contributed by atoms with Gasteiger partial charge in [-0.15, -0.1) is 0 Å². The number of halogens is 3. The standard InChI is InChI=1S/C22H23ClF2N2O2/c23-17-5-1-15(2-6-17)13-26-12-10-20(21(26)29)27-11-9-19(22(24,25)14-27)16-3-7-18(28)8-4-16/h1-8,19-20,28H,9-14H2/t19?,20-/m0/s1. The predicted octanol–water partition coefficient (Wildman–Crippen LogP) is 4.27. The molecule has 2 aliphatic heterocycles. The van der Waals surface area contributed by atoms with Crippen LogP contribution in [0.1, 0.15) is 29.9 Å². The number of benzene rings is 2. The maximum atomic E-state index is 14.9. The summed E-state index contributed by atoms with van der Waals surface area (Å²) >= 11 is 5.90. The molecule has 1 unspecified atom stereocenters. The van der Waals surface area contributed by atoms with Crippen molar-refractivity contribution in [3.05, 3.63) is 64.7 Å². The molecule has 2 heterocycles. The van der Waals surface area contributed by atoms with Crippen LogP contribution in [0.25, 0.3) is 0 Å². The number of carbonyl (C=O) groups is 1. The average molecular weight is 421 g/mol. The van der Waals surface area contributed by atoms with Crippen molar-refractivity contribution in [1.29, 1.82) is 0 Å². The molecular formula is C22H23ClF2N2O2. The molecule has 2 aromatic rings. The highest BCUT2D eigenvalue weighted by Gasteiger charge is 2.49. The number of likely N-dealkylation sites (tertiary alicyclic amines) is 2. The number of carbonyl (C=O) groups excluding carboxylic acids is 1. The number of phenolic OH excluding ortho intramolecular Hbond substituents is 1. The number of aromatic hydroxyl groups is 1. The SMILES string of the molecule is O=C1[C@@H](N2CCC(c3ccc(O)cc3)C(F)(F)C2)CCN1Cc1ccc(Cl)cc1. The van der Waals surface area contributed by atoms with E-state index in [1.807, 2.05) is 12.1 Å². The molecule has 0 aliphatic carbocycles. The zero-order valence-electron chi connectivity index (χ0n) is 15.9. The molecule has 154 valence electrons. The van der Waals surface area contributed by atoms with Crippen LogP contribution < -0.4 is 0 Å². The Morgan fingerprint density at radius 1 is 1.03 bits per heavy atom. The lowest BCUT2D eigenvalue weighted by Crippen LogP contribution is -2.53. The molecule has 2 fully saturated rings. The number of phenols is 1. The van der Waals surface area contributed by atoms with Crippen LogP contribution in [0.4, 0.5) is 8.78 Å². The number of hydrogen-bond acceptors (Lipinski definition) is 3. The highest BCUT2D eigenvalue weighted by Crippen LogP contribution is 2.42. The molecule has 0 radical (unpaired) electrons. The van der Waals surface area contributed by atoms with E-state index in [1.165, 1.54) is 12.1 Å². The molecule has 2 aromatic carbocycles. The molecule has 0 aromatic heterocycles. The number of amides is 1. The van der Waals surface area contributed by atoms with Crippen molar-refractivity contribution in [2.45, 2.75) is 37.3 Å². The van der Waals surface area contributed by atoms with Gasteiger partial charge in [-0.2, -0.15) is 0 Å². The molecule has 2 atom stereocenters. The van der Waals surface area contributed by atoms with Crippen molar-refractivity contribution in [1.82, 2.24) is 9.80 Å². The van der Waals surface area contributed by atoms with Crippen LogP contribution in [0.3, 0.4) is 0 Å². The molecule has 1 amide bonds. The van der Waals surface area contributed by atoms with Gasteiger partial charge in [-0.25, -0.2) is 8.78 Å². The van der Waals surface area contributed by atoms with Crippen molar-refractivity contribution in [3.63, 3.8) is 0 Å². The summed E-state index contributed by atoms with van der Waals surface area (Å²) in [6.45, 7) is 1.05. The molecule has 2 saturated heterocycles. The fourth-order valence-electron chi connectivity index (χ4n) is 4.38. The van der Waals surface area contributed by atoms with E-state index in [9.17, 15) is 18.7 Å². The van der Waals surface area contributed by atoms with E-state index in [1.54, 1.807) is 34.1 Å². The van der Waals surface area contributed by atoms with Crippen molar-refractivity contribution >= 4 is 17.5 Å². The Morgan fingerprint density at radius 2 is 1.72 bits per heavy atom. The first-order chi connectivity index (χ1) is 13.8. The molecule has 0 spiro atoms. The normalized spacial score (nSPS) is 24.8. The van der Waals surface area contributed by atoms with Crippen LogP contribution in [0.5, 0.6) is 5.75 Å². The quantitative estimate of drug-likeness (QED) is 0.803. The molecule has 4 rings (SSSR count). The molecule has 2 aliphatic rings. The smallest absolute Gasteiger partial charge is 0.267 e. The fraction of sp³-hybridized carbons (Fsp3) is 0.409. The lowest BCUT2D eigenvalue weighted by atomic mass is 9.85. The second-order valence-electron chi connectivity index (χ2n) is 7.86. The summed E-state index contributed by atoms with van der Waals surface area (Å²) in [6, 6.07) is 12.8. The van der Waals surface area contributed by atoms with Crippen molar-refractivity contribution in [2.24, 2.45) is 0 Å². The number of piperidine rings is 1. The van der Waals surface area contributed by atoms with Gasteiger partial charge in [0, 0.05) is 18.1 Å². The minimum atomic E-state index is -2.93. The van der Waals surface area contributed by atoms with Crippen molar-refractivity contribution in [3.8, 4) is 5.75 Å². The third-order valence-electron chi connectivity index (χ3n) is 5.92. The Balaban J connectivity index is 1.41. The van der Waals surface area contributed by atoms with Gasteiger partial charge in [0.05, 0.1) is 18.5 Å². The number of hydrogen-bond donors (Lipinski definition) is 1. The Morgan fingerprint density at radius 3 is 2.38 bits per heavy atom. The topological polar surface area (TPSA) is 43.8 Å². The molecule has 29 heavy (non-hydrogen) atoms. The summed E-state index contributed by atoms with van der Waals surface area (Å²) in [7, 11) is 0. The van der Waals surface area contributed by atoms with Gasteiger partial charge >= 0.3 is 0 Å². The lowest BCUT2D eigenvalue weighted by molar-refractivity contribution is -0.137. The number of alkyl halides is 2. The fourth-order valence-corrected chi connectivity index (χ4v) is 4.50. The van der Waals surface area contributed by atoms with Crippen LogP contribution in [-0.4, -0.2) is 52.4 Å². The van der Waals surface area contributed by atoms with E-state index in [2.05, 4.69) is 0 Å². The molecule has 7 heteroatoms. The second-order valence-corrected chi connectivity index (χ2v) is 8.29. The van der Waals surface area contributed by atoms with Gasteiger partial charge in [0.1, 0.15) is 5.75 Å². The van der Waals surface area contributed by atoms with Gasteiger partial charge in [0.2, 0.25) is 5.91 Å². The van der Waals surface area contributed by atoms with Gasteiger partial charge in [-0.05, 0) is 54.8 Å². The minimum Gasteiger partial charge on any atom is -0.508 e. The Hall–Kier alpha value is -2.18. The maximum absolute atomic E-state index is 14.9. The summed E-state index contributed by atoms with van der Waals surface area (Å²) in [5, 5.41) is 10.0. The van der Waals surface area contributed by atoms with E-state index < -0.39 is 24.4 Å². The first-order valence-corrected chi connectivity index (χ1v) is 10.2. The molecule has 0 bridgehead atoms. The van der Waals surface area contributed by atoms with E-state index in [-0.39, 0.29) is 18.1 Å². The lowest BCUT2D eigenvalue weighted by Gasteiger charge is -2.40. The van der Waals surface area contributed by atoms with Gasteiger partial charge in [0.25, 0.3) is 5.92 Å². The maximum Gasteiger partial charge on any atom is 0.267 e. The Labute approximate surface area is 173 Å². The third-order valence-corrected chi connectivity index (χ3v) is 6.17. The van der Waals surface area contributed by atoms with E-state index >= 15 is 0 Å². The van der Waals surface area contributed by atoms with Crippen LogP contribution in [0.2, 0.25) is 5.02 Å². The summed E-state index contributed by atoms with van der Waals surface area (Å²) < 4.78 is 29.9. The van der Waals surface area contributed by atoms with Gasteiger partial charge in [0.15, 0.2) is 0 Å². The highest BCUT2D eigenvalue weighted by molar-refractivity contribution is 6.30. The highest BCUT2D eigenvalue weighted by atomic mass is 35.5. The van der Waals surface area contributed by atoms with Gasteiger partial charge in [-0.3, -0.25) is 9.69 Å². The predicted molar refractivity (Wildman–Crippen MR) is 107 cm³/mol. The van der Waals surface area contributed by atoms with Crippen LogP contribution in [0, 0.1) is 0 Å². The van der Waals surface area contributed by atoms with Crippen LogP contribution >= 0.6 is 11.6 Å². The van der Waals surface area contributed by atoms with E-state index in [0.29, 0.717) is 36.6 Å². The third kappa shape index (κ3) is 4.23. The van der Waals surface area contributed by atoms with Gasteiger partial charge in [-0.1, -0.05) is 35.9 Å². The van der Waals surface area contributed by atoms with Gasteiger partial charge < -0.3 is 10.0 Å². The van der Waals surface area contributed by atoms with E-state index in [4.69, 9.17) is 11.6 Å². The zero-order chi connectivity index (χ0) is 20.6. The second kappa shape index (κ2) is 7.92. The van der Waals surface area contributed by atoms with Crippen molar-refractivity contribution < 1.29 is 18.7 Å². The summed E-state index contributed by atoms with van der Waals surface area (Å²) in [5.74, 6) is -3.86. The molecule has 1 N–H and O–H groups in total. The first kappa shape index (κ1) is 20.1.